The molecule has 0 rings (SSSR count). The van der Waals surface area contributed by atoms with Crippen LogP contribution in [0.4, 0.5) is 17.6 Å². The zero-order valence-corrected chi connectivity index (χ0v) is 3.87. The van der Waals surface area contributed by atoms with Crippen molar-refractivity contribution in [2.45, 2.75) is 6.18 Å². The third-order valence-corrected chi connectivity index (χ3v) is 0.396. The molecule has 4 heteroatoms. The lowest BCUT2D eigenvalue weighted by Crippen LogP contribution is -2.00. The van der Waals surface area contributed by atoms with Crippen molar-refractivity contribution in [1.82, 2.24) is 0 Å². The molecule has 0 radical (unpaired) electrons. The number of allylic oxidation sites excluding steroid dienone is 2. The number of hydrogen-bond donors (Lipinski definition) is 0. The second-order valence-corrected chi connectivity index (χ2v) is 1.10. The quantitative estimate of drug-likeness (QED) is 0.374. The van der Waals surface area contributed by atoms with Crippen molar-refractivity contribution >= 4 is 0 Å². The third kappa shape index (κ3) is 5.46. The Kier molecular flexibility index (Phi) is 2.51. The van der Waals surface area contributed by atoms with E-state index in [1.165, 1.54) is 0 Å². The summed E-state index contributed by atoms with van der Waals surface area (Å²) in [6.45, 7) is -1.07. The Bertz CT molecular complexity index is 80.5. The van der Waals surface area contributed by atoms with Crippen molar-refractivity contribution in [2.75, 3.05) is 6.67 Å². The molecule has 0 N–H and O–H groups in total. The van der Waals surface area contributed by atoms with E-state index in [1.807, 2.05) is 0 Å². The molecule has 0 saturated heterocycles. The molecule has 8 heavy (non-hydrogen) atoms. The van der Waals surface area contributed by atoms with Gasteiger partial charge in [0, 0.05) is 6.08 Å². The van der Waals surface area contributed by atoms with Crippen molar-refractivity contribution < 1.29 is 17.6 Å². The molecular weight excluding hydrogens is 124 g/mol. The van der Waals surface area contributed by atoms with Gasteiger partial charge >= 0.3 is 6.18 Å². The highest BCUT2D eigenvalue weighted by Crippen LogP contribution is 2.15. The smallest absolute Gasteiger partial charge is 0.247 e. The topological polar surface area (TPSA) is 0 Å². The Hall–Kier alpha value is -0.540. The minimum absolute atomic E-state index is 0.132. The Morgan fingerprint density at radius 2 is 1.75 bits per heavy atom. The molecule has 0 aliphatic carbocycles. The van der Waals surface area contributed by atoms with Crippen molar-refractivity contribution in [1.29, 1.82) is 0 Å². The molecule has 0 atom stereocenters. The van der Waals surface area contributed by atoms with Crippen molar-refractivity contribution in [3.63, 3.8) is 0 Å². The minimum Gasteiger partial charge on any atom is -0.247 e. The van der Waals surface area contributed by atoms with Gasteiger partial charge in [0.15, 0.2) is 0 Å². The van der Waals surface area contributed by atoms with E-state index in [-0.39, 0.29) is 6.08 Å². The summed E-state index contributed by atoms with van der Waals surface area (Å²) in [6, 6.07) is 0. The maximum absolute atomic E-state index is 11.0. The van der Waals surface area contributed by atoms with Gasteiger partial charge in [0.25, 0.3) is 0 Å². The van der Waals surface area contributed by atoms with E-state index in [2.05, 4.69) is 0 Å². The molecule has 0 unspecified atom stereocenters. The number of rotatable bonds is 1. The SMILES string of the molecule is FC/C=C/C(F)(F)F. The fourth-order valence-electron chi connectivity index (χ4n) is 0.178. The largest absolute Gasteiger partial charge is 0.409 e. The first-order valence-corrected chi connectivity index (χ1v) is 1.86. The van der Waals surface area contributed by atoms with Gasteiger partial charge in [-0.2, -0.15) is 13.2 Å². The first-order chi connectivity index (χ1) is 3.56. The van der Waals surface area contributed by atoms with Crippen LogP contribution in [0.3, 0.4) is 0 Å². The molecule has 0 nitrogen and oxygen atoms in total. The summed E-state index contributed by atoms with van der Waals surface area (Å²) in [5.74, 6) is 0. The van der Waals surface area contributed by atoms with Crippen LogP contribution in [0.25, 0.3) is 0 Å². The fraction of sp³-hybridized carbons (Fsp3) is 0.500. The van der Waals surface area contributed by atoms with E-state index in [9.17, 15) is 17.6 Å². The Morgan fingerprint density at radius 1 is 1.25 bits per heavy atom. The summed E-state index contributed by atoms with van der Waals surface area (Å²) in [5, 5.41) is 0. The molecule has 0 spiro atoms. The van der Waals surface area contributed by atoms with Crippen LogP contribution in [0.1, 0.15) is 0 Å². The predicted molar refractivity (Wildman–Crippen MR) is 21.2 cm³/mol. The highest BCUT2D eigenvalue weighted by molar-refractivity contribution is 4.87. The molecule has 48 valence electrons. The first-order valence-electron chi connectivity index (χ1n) is 1.86. The molecule has 0 aromatic rings. The Labute approximate surface area is 43.8 Å². The lowest BCUT2D eigenvalue weighted by molar-refractivity contribution is -0.0801. The van der Waals surface area contributed by atoms with Gasteiger partial charge in [-0.15, -0.1) is 0 Å². The average Bonchev–Trinajstić information content (AvgIpc) is 1.59. The number of hydrogen-bond acceptors (Lipinski definition) is 0. The molecule has 0 aliphatic rings. The molecule has 0 aromatic heterocycles. The van der Waals surface area contributed by atoms with E-state index >= 15 is 0 Å². The maximum Gasteiger partial charge on any atom is 0.409 e. The molecule has 0 bridgehead atoms. The van der Waals surface area contributed by atoms with E-state index in [1.54, 1.807) is 0 Å². The van der Waals surface area contributed by atoms with Crippen LogP contribution in [0.15, 0.2) is 12.2 Å². The second kappa shape index (κ2) is 2.69. The highest BCUT2D eigenvalue weighted by Gasteiger charge is 2.21. The number of alkyl halides is 4. The number of halogens is 4. The Balaban J connectivity index is 3.52. The Morgan fingerprint density at radius 3 is 1.88 bits per heavy atom. The van der Waals surface area contributed by atoms with Gasteiger partial charge in [0.2, 0.25) is 0 Å². The van der Waals surface area contributed by atoms with Gasteiger partial charge in [0.05, 0.1) is 0 Å². The van der Waals surface area contributed by atoms with Gasteiger partial charge in [-0.25, -0.2) is 4.39 Å². The van der Waals surface area contributed by atoms with Crippen molar-refractivity contribution in [3.05, 3.63) is 12.2 Å². The van der Waals surface area contributed by atoms with Gasteiger partial charge in [0.1, 0.15) is 6.67 Å². The summed E-state index contributed by atoms with van der Waals surface area (Å²) >= 11 is 0. The van der Waals surface area contributed by atoms with Crippen LogP contribution >= 0.6 is 0 Å². The third-order valence-electron chi connectivity index (χ3n) is 0.396. The van der Waals surface area contributed by atoms with Crippen LogP contribution in [0.2, 0.25) is 0 Å². The first kappa shape index (κ1) is 7.46. The molecule has 0 aromatic carbocycles. The fourth-order valence-corrected chi connectivity index (χ4v) is 0.178. The van der Waals surface area contributed by atoms with Crippen LogP contribution in [-0.2, 0) is 0 Å². The highest BCUT2D eigenvalue weighted by atomic mass is 19.4. The van der Waals surface area contributed by atoms with Crippen molar-refractivity contribution in [2.24, 2.45) is 0 Å². The van der Waals surface area contributed by atoms with E-state index in [0.717, 1.165) is 0 Å². The van der Waals surface area contributed by atoms with E-state index in [0.29, 0.717) is 6.08 Å². The molecular formula is C4H4F4. The maximum atomic E-state index is 11.0. The van der Waals surface area contributed by atoms with E-state index in [4.69, 9.17) is 0 Å². The van der Waals surface area contributed by atoms with Crippen LogP contribution in [0, 0.1) is 0 Å². The summed E-state index contributed by atoms with van der Waals surface area (Å²) in [6.07, 6.45) is -4.08. The van der Waals surface area contributed by atoms with Crippen LogP contribution in [-0.4, -0.2) is 12.9 Å². The van der Waals surface area contributed by atoms with E-state index < -0.39 is 12.9 Å². The molecule has 0 fully saturated rings. The predicted octanol–water partition coefficient (Wildman–Crippen LogP) is 2.07. The standard InChI is InChI=1S/C4H4F4/c5-3-1-2-4(6,7)8/h1-2H,3H2/b2-1+. The molecule has 0 aliphatic heterocycles. The minimum atomic E-state index is -4.37. The summed E-state index contributed by atoms with van der Waals surface area (Å²) in [5.41, 5.74) is 0. The molecule has 0 heterocycles. The average molecular weight is 128 g/mol. The van der Waals surface area contributed by atoms with Gasteiger partial charge < -0.3 is 0 Å². The summed E-state index contributed by atoms with van der Waals surface area (Å²) in [4.78, 5) is 0. The zero-order valence-electron chi connectivity index (χ0n) is 3.87. The van der Waals surface area contributed by atoms with Crippen LogP contribution in [0.5, 0.6) is 0 Å². The normalized spacial score (nSPS) is 13.0. The summed E-state index contributed by atoms with van der Waals surface area (Å²) in [7, 11) is 0. The van der Waals surface area contributed by atoms with Crippen molar-refractivity contribution in [3.8, 4) is 0 Å². The van der Waals surface area contributed by atoms with Gasteiger partial charge in [-0.3, -0.25) is 0 Å². The zero-order chi connectivity index (χ0) is 6.62. The monoisotopic (exact) mass is 128 g/mol. The van der Waals surface area contributed by atoms with Gasteiger partial charge in [-0.1, -0.05) is 0 Å². The summed E-state index contributed by atoms with van der Waals surface area (Å²) < 4.78 is 43.9. The lowest BCUT2D eigenvalue weighted by atomic mass is 10.5. The van der Waals surface area contributed by atoms with Crippen LogP contribution < -0.4 is 0 Å². The second-order valence-electron chi connectivity index (χ2n) is 1.10. The van der Waals surface area contributed by atoms with Gasteiger partial charge in [-0.05, 0) is 6.08 Å². The lowest BCUT2D eigenvalue weighted by Gasteiger charge is -1.94. The molecule has 0 amide bonds. The molecule has 0 saturated carbocycles.